The number of carbonyl (C=O) groups excluding carboxylic acids is 3. The van der Waals surface area contributed by atoms with Gasteiger partial charge < -0.3 is 30.8 Å². The zero-order chi connectivity index (χ0) is 33.5. The molecule has 0 fully saturated rings. The Morgan fingerprint density at radius 2 is 1.67 bits per heavy atom. The van der Waals surface area contributed by atoms with Gasteiger partial charge in [0, 0.05) is 23.9 Å². The zero-order valence-corrected chi connectivity index (χ0v) is 27.3. The summed E-state index contributed by atoms with van der Waals surface area (Å²) in [6, 6.07) is 17.0. The van der Waals surface area contributed by atoms with Gasteiger partial charge in [0.05, 0.1) is 31.0 Å². The number of nitrogens with zero attached hydrogens (tertiary/aromatic N) is 2. The van der Waals surface area contributed by atoms with Crippen LogP contribution in [0.15, 0.2) is 66.9 Å². The van der Waals surface area contributed by atoms with Gasteiger partial charge in [-0.3, -0.25) is 9.59 Å². The van der Waals surface area contributed by atoms with Crippen molar-refractivity contribution in [3.8, 4) is 17.0 Å². The molecule has 0 saturated carbocycles. The predicted molar refractivity (Wildman–Crippen MR) is 177 cm³/mol. The second-order valence-electron chi connectivity index (χ2n) is 11.6. The molecule has 1 unspecified atom stereocenters. The summed E-state index contributed by atoms with van der Waals surface area (Å²) in [6.07, 6.45) is 2.47. The number of nitrogens with one attached hydrogen (secondary N) is 1. The van der Waals surface area contributed by atoms with E-state index in [4.69, 9.17) is 25.9 Å². The molecule has 4 aromatic rings. The van der Waals surface area contributed by atoms with E-state index in [0.29, 0.717) is 29.1 Å². The fourth-order valence-corrected chi connectivity index (χ4v) is 5.38. The van der Waals surface area contributed by atoms with Crippen LogP contribution >= 0.6 is 0 Å². The average Bonchev–Trinajstić information content (AvgIpc) is 3.55. The van der Waals surface area contributed by atoms with Gasteiger partial charge in [-0.1, -0.05) is 43.3 Å². The number of aromatic amines is 1. The first-order valence-corrected chi connectivity index (χ1v) is 15.4. The number of H-pyrrole nitrogens is 1. The number of nitrogens with two attached hydrogens (primary N) is 2. The minimum absolute atomic E-state index is 0.140. The van der Waals surface area contributed by atoms with E-state index in [0.717, 1.165) is 27.9 Å². The summed E-state index contributed by atoms with van der Waals surface area (Å²) in [4.78, 5) is 48.8. The van der Waals surface area contributed by atoms with Gasteiger partial charge in [-0.25, -0.2) is 9.78 Å². The van der Waals surface area contributed by atoms with Crippen LogP contribution in [0.5, 0.6) is 5.75 Å². The Hall–Kier alpha value is -4.96. The highest BCUT2D eigenvalue weighted by atomic mass is 16.5. The second-order valence-corrected chi connectivity index (χ2v) is 11.6. The molecule has 10 nitrogen and oxygen atoms in total. The van der Waals surface area contributed by atoms with Crippen LogP contribution in [0.25, 0.3) is 11.3 Å². The number of imidazole rings is 1. The van der Waals surface area contributed by atoms with E-state index in [2.05, 4.69) is 4.98 Å². The Kier molecular flexibility index (Phi) is 11.0. The van der Waals surface area contributed by atoms with Crippen molar-refractivity contribution in [1.29, 1.82) is 0 Å². The van der Waals surface area contributed by atoms with Crippen LogP contribution in [0.2, 0.25) is 0 Å². The van der Waals surface area contributed by atoms with Gasteiger partial charge >= 0.3 is 5.97 Å². The van der Waals surface area contributed by atoms with Crippen molar-refractivity contribution in [2.75, 3.05) is 7.11 Å². The van der Waals surface area contributed by atoms with Crippen molar-refractivity contribution in [3.63, 3.8) is 0 Å². The maximum atomic E-state index is 14.2. The summed E-state index contributed by atoms with van der Waals surface area (Å²) in [5.74, 6) is -0.355. The molecule has 10 heteroatoms. The third-order valence-corrected chi connectivity index (χ3v) is 8.26. The number of aryl methyl sites for hydroxylation is 2. The van der Waals surface area contributed by atoms with Crippen molar-refractivity contribution in [3.05, 3.63) is 106 Å². The van der Waals surface area contributed by atoms with E-state index < -0.39 is 24.0 Å². The maximum Gasteiger partial charge on any atom is 0.342 e. The van der Waals surface area contributed by atoms with Crippen LogP contribution < -0.4 is 16.2 Å². The number of primary amides is 1. The molecule has 0 bridgehead atoms. The van der Waals surface area contributed by atoms with Crippen molar-refractivity contribution in [1.82, 2.24) is 14.9 Å². The number of methoxy groups -OCH3 is 1. The largest absolute Gasteiger partial charge is 0.496 e. The lowest BCUT2D eigenvalue weighted by Gasteiger charge is -2.31. The third kappa shape index (κ3) is 7.81. The molecule has 0 aliphatic rings. The summed E-state index contributed by atoms with van der Waals surface area (Å²) in [7, 11) is 1.49. The first kappa shape index (κ1) is 33.9. The number of hydrogen-bond donors (Lipinski definition) is 3. The molecule has 3 aromatic carbocycles. The number of benzene rings is 3. The van der Waals surface area contributed by atoms with Crippen molar-refractivity contribution in [2.24, 2.45) is 11.5 Å². The molecule has 5 N–H and O–H groups in total. The van der Waals surface area contributed by atoms with Crippen LogP contribution in [0.4, 0.5) is 0 Å². The standard InChI is InChI=1S/C36H43N5O5/c1-7-23(4)46-36(44)29-17-25(13-14-32(29)45-6)20-41(24(5)34-39-19-31(40-34)26-11-9-8-10-12-26)35(43)30(37)18-28-21(2)15-27(33(38)42)16-22(28)3/h8-17,19,23-24,30H,7,18,20,37H2,1-6H3,(H2,38,42)(H,39,40)/t23?,24-,30-/m0/s1. The van der Waals surface area contributed by atoms with E-state index in [9.17, 15) is 14.4 Å². The number of hydrogen-bond acceptors (Lipinski definition) is 7. The minimum atomic E-state index is -0.907. The molecular weight excluding hydrogens is 582 g/mol. The van der Waals surface area contributed by atoms with Crippen LogP contribution in [0.3, 0.4) is 0 Å². The number of esters is 1. The number of ether oxygens (including phenoxy) is 2. The summed E-state index contributed by atoms with van der Waals surface area (Å²) in [5.41, 5.74) is 17.7. The smallest absolute Gasteiger partial charge is 0.342 e. The molecule has 0 radical (unpaired) electrons. The highest BCUT2D eigenvalue weighted by Crippen LogP contribution is 2.28. The van der Waals surface area contributed by atoms with Crippen LogP contribution in [0.1, 0.15) is 82.0 Å². The molecule has 3 atom stereocenters. The lowest BCUT2D eigenvalue weighted by Crippen LogP contribution is -2.46. The number of aromatic nitrogens is 2. The molecular formula is C36H43N5O5. The fraction of sp³-hybridized carbons (Fsp3) is 0.333. The number of rotatable bonds is 13. The molecule has 0 spiro atoms. The monoisotopic (exact) mass is 625 g/mol. The summed E-state index contributed by atoms with van der Waals surface area (Å²) >= 11 is 0. The Bertz CT molecular complexity index is 1680. The van der Waals surface area contributed by atoms with Crippen LogP contribution in [-0.2, 0) is 22.5 Å². The molecule has 0 saturated heterocycles. The van der Waals surface area contributed by atoms with Crippen molar-refractivity contribution in [2.45, 2.75) is 72.2 Å². The average molecular weight is 626 g/mol. The lowest BCUT2D eigenvalue weighted by molar-refractivity contribution is -0.135. The van der Waals surface area contributed by atoms with Crippen LogP contribution in [0, 0.1) is 13.8 Å². The zero-order valence-electron chi connectivity index (χ0n) is 27.3. The topological polar surface area (TPSA) is 154 Å². The summed E-state index contributed by atoms with van der Waals surface area (Å²) < 4.78 is 11.0. The van der Waals surface area contributed by atoms with E-state index in [1.165, 1.54) is 7.11 Å². The normalized spacial score (nSPS) is 13.0. The van der Waals surface area contributed by atoms with E-state index in [1.54, 1.807) is 29.2 Å². The predicted octanol–water partition coefficient (Wildman–Crippen LogP) is 5.42. The van der Waals surface area contributed by atoms with Gasteiger partial charge in [0.1, 0.15) is 17.1 Å². The SMILES string of the molecule is CCC(C)OC(=O)c1cc(CN(C(=O)[C@@H](N)Cc2c(C)cc(C(N)=O)cc2C)[C@@H](C)c2nc(-c3ccccc3)c[nH]2)ccc1OC. The highest BCUT2D eigenvalue weighted by molar-refractivity contribution is 5.94. The van der Waals surface area contributed by atoms with Gasteiger partial charge in [-0.2, -0.15) is 0 Å². The van der Waals surface area contributed by atoms with Gasteiger partial charge in [-0.05, 0) is 87.1 Å². The fourth-order valence-electron chi connectivity index (χ4n) is 5.38. The third-order valence-electron chi connectivity index (χ3n) is 8.26. The number of carbonyl (C=O) groups is 3. The molecule has 2 amide bonds. The Morgan fingerprint density at radius 3 is 2.28 bits per heavy atom. The minimum Gasteiger partial charge on any atom is -0.496 e. The molecule has 1 aromatic heterocycles. The molecule has 0 aliphatic carbocycles. The van der Waals surface area contributed by atoms with E-state index in [1.807, 2.05) is 77.2 Å². The molecule has 1 heterocycles. The molecule has 0 aliphatic heterocycles. The summed E-state index contributed by atoms with van der Waals surface area (Å²) in [5, 5.41) is 0. The first-order valence-electron chi connectivity index (χ1n) is 15.4. The second kappa shape index (κ2) is 14.9. The van der Waals surface area contributed by atoms with E-state index in [-0.39, 0.29) is 30.5 Å². The van der Waals surface area contributed by atoms with Crippen molar-refractivity contribution < 1.29 is 23.9 Å². The van der Waals surface area contributed by atoms with Crippen molar-refractivity contribution >= 4 is 17.8 Å². The van der Waals surface area contributed by atoms with Gasteiger partial charge in [0.25, 0.3) is 0 Å². The Morgan fingerprint density at radius 1 is 1.00 bits per heavy atom. The Balaban J connectivity index is 1.69. The van der Waals surface area contributed by atoms with Gasteiger partial charge in [0.2, 0.25) is 11.8 Å². The molecule has 4 rings (SSSR count). The van der Waals surface area contributed by atoms with Gasteiger partial charge in [-0.15, -0.1) is 0 Å². The van der Waals surface area contributed by atoms with E-state index >= 15 is 0 Å². The lowest BCUT2D eigenvalue weighted by atomic mass is 9.93. The van der Waals surface area contributed by atoms with Crippen LogP contribution in [-0.4, -0.2) is 51.9 Å². The number of amides is 2. The molecule has 242 valence electrons. The first-order chi connectivity index (χ1) is 21.9. The molecule has 46 heavy (non-hydrogen) atoms. The Labute approximate surface area is 270 Å². The quantitative estimate of drug-likeness (QED) is 0.168. The van der Waals surface area contributed by atoms with Gasteiger partial charge in [0.15, 0.2) is 0 Å². The maximum absolute atomic E-state index is 14.2. The highest BCUT2D eigenvalue weighted by Gasteiger charge is 2.30. The summed E-state index contributed by atoms with van der Waals surface area (Å²) in [6.45, 7) is 9.54.